The van der Waals surface area contributed by atoms with Crippen LogP contribution in [0.4, 0.5) is 11.4 Å². The fraction of sp³-hybridized carbons (Fsp3) is 0.0714. The van der Waals surface area contributed by atoms with Crippen molar-refractivity contribution in [1.82, 2.24) is 0 Å². The third-order valence-corrected chi connectivity index (χ3v) is 2.76. The van der Waals surface area contributed by atoms with Crippen molar-refractivity contribution < 1.29 is 14.5 Å². The third kappa shape index (κ3) is 2.74. The van der Waals surface area contributed by atoms with Crippen molar-refractivity contribution in [1.29, 1.82) is 0 Å². The first-order valence-corrected chi connectivity index (χ1v) is 5.81. The summed E-state index contributed by atoms with van der Waals surface area (Å²) in [6.45, 7) is 1.80. The van der Waals surface area contributed by atoms with Crippen LogP contribution in [0.25, 0.3) is 0 Å². The average Bonchev–Trinajstić information content (AvgIpc) is 2.41. The van der Waals surface area contributed by atoms with Crippen molar-refractivity contribution in [2.45, 2.75) is 6.92 Å². The molecule has 0 fully saturated rings. The molecule has 0 saturated carbocycles. The summed E-state index contributed by atoms with van der Waals surface area (Å²) in [4.78, 5) is 22.1. The number of anilines is 1. The van der Waals surface area contributed by atoms with Crippen LogP contribution in [0.1, 0.15) is 15.9 Å². The second kappa shape index (κ2) is 5.40. The van der Waals surface area contributed by atoms with E-state index in [4.69, 9.17) is 10.5 Å². The Balaban J connectivity index is 2.28. The number of hydrogen-bond donors (Lipinski definition) is 1. The molecule has 0 spiro atoms. The Bertz CT molecular complexity index is 683. The molecule has 102 valence electrons. The van der Waals surface area contributed by atoms with Crippen molar-refractivity contribution in [3.63, 3.8) is 0 Å². The minimum absolute atomic E-state index is 0.00226. The van der Waals surface area contributed by atoms with E-state index < -0.39 is 10.9 Å². The molecule has 0 heterocycles. The number of carbonyl (C=O) groups is 1. The number of hydrogen-bond acceptors (Lipinski definition) is 5. The van der Waals surface area contributed by atoms with Gasteiger partial charge in [-0.2, -0.15) is 0 Å². The lowest BCUT2D eigenvalue weighted by molar-refractivity contribution is -0.383. The van der Waals surface area contributed by atoms with E-state index in [-0.39, 0.29) is 16.9 Å². The number of nitrogens with two attached hydrogens (primary N) is 1. The van der Waals surface area contributed by atoms with E-state index >= 15 is 0 Å². The number of benzene rings is 2. The zero-order chi connectivity index (χ0) is 14.7. The van der Waals surface area contributed by atoms with E-state index in [1.165, 1.54) is 12.1 Å². The van der Waals surface area contributed by atoms with Gasteiger partial charge in [0.15, 0.2) is 0 Å². The molecule has 0 aliphatic carbocycles. The third-order valence-electron chi connectivity index (χ3n) is 2.76. The first kappa shape index (κ1) is 13.5. The molecule has 0 unspecified atom stereocenters. The van der Waals surface area contributed by atoms with Gasteiger partial charge in [-0.25, -0.2) is 4.79 Å². The van der Waals surface area contributed by atoms with E-state index in [1.807, 2.05) is 6.07 Å². The van der Waals surface area contributed by atoms with Crippen molar-refractivity contribution in [2.75, 3.05) is 5.73 Å². The topological polar surface area (TPSA) is 95.5 Å². The molecule has 2 N–H and O–H groups in total. The molecule has 0 bridgehead atoms. The highest BCUT2D eigenvalue weighted by atomic mass is 16.6. The number of nitro groups is 1. The molecule has 0 amide bonds. The van der Waals surface area contributed by atoms with Gasteiger partial charge in [-0.1, -0.05) is 18.2 Å². The van der Waals surface area contributed by atoms with Crippen LogP contribution < -0.4 is 10.5 Å². The zero-order valence-corrected chi connectivity index (χ0v) is 10.7. The van der Waals surface area contributed by atoms with Crippen LogP contribution in [0.5, 0.6) is 5.75 Å². The molecule has 20 heavy (non-hydrogen) atoms. The van der Waals surface area contributed by atoms with Crippen molar-refractivity contribution in [2.24, 2.45) is 0 Å². The Labute approximate surface area is 114 Å². The molecule has 0 aliphatic heterocycles. The maximum Gasteiger partial charge on any atom is 0.343 e. The summed E-state index contributed by atoms with van der Waals surface area (Å²) in [5.74, 6) is -0.251. The lowest BCUT2D eigenvalue weighted by Crippen LogP contribution is -2.10. The number of aryl methyl sites for hydroxylation is 1. The Morgan fingerprint density at radius 2 is 1.95 bits per heavy atom. The van der Waals surface area contributed by atoms with Gasteiger partial charge in [-0.15, -0.1) is 0 Å². The van der Waals surface area contributed by atoms with Gasteiger partial charge in [0.25, 0.3) is 5.69 Å². The van der Waals surface area contributed by atoms with E-state index in [0.29, 0.717) is 5.75 Å². The number of rotatable bonds is 3. The monoisotopic (exact) mass is 272 g/mol. The second-order valence-corrected chi connectivity index (χ2v) is 4.19. The lowest BCUT2D eigenvalue weighted by Gasteiger charge is -2.07. The Hall–Kier alpha value is -2.89. The molecule has 0 atom stereocenters. The van der Waals surface area contributed by atoms with Gasteiger partial charge >= 0.3 is 5.97 Å². The number of esters is 1. The number of carbonyl (C=O) groups excluding carboxylic acids is 1. The molecular formula is C14H12N2O4. The van der Waals surface area contributed by atoms with Crippen LogP contribution in [0.3, 0.4) is 0 Å². The normalized spacial score (nSPS) is 10.1. The Kier molecular flexibility index (Phi) is 3.65. The number of nitrogens with zero attached hydrogens (tertiary/aromatic N) is 1. The van der Waals surface area contributed by atoms with E-state index in [2.05, 4.69) is 0 Å². The quantitative estimate of drug-likeness (QED) is 0.305. The van der Waals surface area contributed by atoms with Gasteiger partial charge < -0.3 is 10.5 Å². The van der Waals surface area contributed by atoms with E-state index in [1.54, 1.807) is 25.1 Å². The fourth-order valence-electron chi connectivity index (χ4n) is 1.66. The van der Waals surface area contributed by atoms with Gasteiger partial charge in [0.1, 0.15) is 11.4 Å². The van der Waals surface area contributed by atoms with E-state index in [9.17, 15) is 14.9 Å². The Morgan fingerprint density at radius 1 is 1.25 bits per heavy atom. The minimum atomic E-state index is -0.664. The zero-order valence-electron chi connectivity index (χ0n) is 10.7. The summed E-state index contributed by atoms with van der Waals surface area (Å²) in [5, 5.41) is 10.8. The molecule has 2 aromatic rings. The molecule has 0 radical (unpaired) electrons. The van der Waals surface area contributed by atoms with Gasteiger partial charge in [0.05, 0.1) is 10.5 Å². The van der Waals surface area contributed by atoms with Gasteiger partial charge in [0, 0.05) is 6.07 Å². The van der Waals surface area contributed by atoms with Gasteiger partial charge in [0.2, 0.25) is 0 Å². The largest absolute Gasteiger partial charge is 0.423 e. The average molecular weight is 272 g/mol. The van der Waals surface area contributed by atoms with Crippen molar-refractivity contribution in [3.8, 4) is 5.75 Å². The number of ether oxygens (including phenoxy) is 1. The molecule has 2 aromatic carbocycles. The van der Waals surface area contributed by atoms with Crippen LogP contribution >= 0.6 is 0 Å². The molecule has 2 rings (SSSR count). The predicted octanol–water partition coefficient (Wildman–Crippen LogP) is 2.70. The smallest absolute Gasteiger partial charge is 0.343 e. The van der Waals surface area contributed by atoms with E-state index in [0.717, 1.165) is 11.6 Å². The highest BCUT2D eigenvalue weighted by Gasteiger charge is 2.17. The summed E-state index contributed by atoms with van der Waals surface area (Å²) in [6.07, 6.45) is 0. The van der Waals surface area contributed by atoms with Gasteiger partial charge in [-0.05, 0) is 30.7 Å². The standard InChI is InChI=1S/C14H12N2O4/c1-9-4-2-3-5-13(9)20-14(17)10-6-7-11(15)12(8-10)16(18)19/h2-8H,15H2,1H3. The molecule has 6 heteroatoms. The summed E-state index contributed by atoms with van der Waals surface area (Å²) >= 11 is 0. The molecule has 0 aromatic heterocycles. The maximum atomic E-state index is 12.0. The Morgan fingerprint density at radius 3 is 2.60 bits per heavy atom. The van der Waals surface area contributed by atoms with Crippen LogP contribution in [-0.2, 0) is 0 Å². The maximum absolute atomic E-state index is 12.0. The minimum Gasteiger partial charge on any atom is -0.423 e. The highest BCUT2D eigenvalue weighted by molar-refractivity contribution is 5.92. The van der Waals surface area contributed by atoms with Crippen LogP contribution in [0.15, 0.2) is 42.5 Å². The summed E-state index contributed by atoms with van der Waals surface area (Å²) in [6, 6.07) is 10.8. The number of para-hydroxylation sites is 1. The van der Waals surface area contributed by atoms with Crippen LogP contribution in [0.2, 0.25) is 0 Å². The molecule has 0 saturated heterocycles. The lowest BCUT2D eigenvalue weighted by atomic mass is 10.1. The number of nitro benzene ring substituents is 1. The van der Waals surface area contributed by atoms with Crippen molar-refractivity contribution in [3.05, 3.63) is 63.7 Å². The number of nitrogen functional groups attached to an aromatic ring is 1. The first-order valence-electron chi connectivity index (χ1n) is 5.81. The molecule has 6 nitrogen and oxygen atoms in total. The highest BCUT2D eigenvalue weighted by Crippen LogP contribution is 2.24. The van der Waals surface area contributed by atoms with Crippen LogP contribution in [0, 0.1) is 17.0 Å². The second-order valence-electron chi connectivity index (χ2n) is 4.19. The summed E-state index contributed by atoms with van der Waals surface area (Å²) in [5.41, 5.74) is 6.04. The van der Waals surface area contributed by atoms with Crippen LogP contribution in [-0.4, -0.2) is 10.9 Å². The molecular weight excluding hydrogens is 260 g/mol. The molecule has 0 aliphatic rings. The van der Waals surface area contributed by atoms with Crippen molar-refractivity contribution >= 4 is 17.3 Å². The predicted molar refractivity (Wildman–Crippen MR) is 73.6 cm³/mol. The fourth-order valence-corrected chi connectivity index (χ4v) is 1.66. The summed E-state index contributed by atoms with van der Waals surface area (Å²) < 4.78 is 5.20. The summed E-state index contributed by atoms with van der Waals surface area (Å²) in [7, 11) is 0. The first-order chi connectivity index (χ1) is 9.49. The SMILES string of the molecule is Cc1ccccc1OC(=O)c1ccc(N)c([N+](=O)[O-])c1. The van der Waals surface area contributed by atoms with Gasteiger partial charge in [-0.3, -0.25) is 10.1 Å².